The van der Waals surface area contributed by atoms with Gasteiger partial charge in [-0.15, -0.1) is 0 Å². The zero-order valence-electron chi connectivity index (χ0n) is 24.3. The van der Waals surface area contributed by atoms with E-state index in [4.69, 9.17) is 14.2 Å². The summed E-state index contributed by atoms with van der Waals surface area (Å²) in [6.07, 6.45) is 1.55. The number of hydrogen-bond donors (Lipinski definition) is 0. The SMILES string of the molecule is CCOC(=O)C1=C(C)N=c2s/c(=C\[C@@H]3C(=O)N(c4ccccc4)N=C3C)c(=O)n2[C@H]1c1ccc(OC(C)C)c(OC)c1. The van der Waals surface area contributed by atoms with E-state index in [0.29, 0.717) is 43.5 Å². The number of para-hydroxylation sites is 1. The van der Waals surface area contributed by atoms with Gasteiger partial charge in [-0.3, -0.25) is 14.2 Å². The first-order valence-corrected chi connectivity index (χ1v) is 14.4. The minimum absolute atomic E-state index is 0.0808. The number of carbonyl (C=O) groups is 2. The van der Waals surface area contributed by atoms with Gasteiger partial charge in [0.15, 0.2) is 16.3 Å². The third-order valence-electron chi connectivity index (χ3n) is 6.88. The fourth-order valence-corrected chi connectivity index (χ4v) is 6.06. The number of ether oxygens (including phenoxy) is 3. The summed E-state index contributed by atoms with van der Waals surface area (Å²) >= 11 is 1.16. The lowest BCUT2D eigenvalue weighted by Gasteiger charge is -2.25. The van der Waals surface area contributed by atoms with Gasteiger partial charge in [0.1, 0.15) is 5.92 Å². The smallest absolute Gasteiger partial charge is 0.338 e. The molecule has 0 bridgehead atoms. The van der Waals surface area contributed by atoms with Gasteiger partial charge in [-0.25, -0.2) is 9.79 Å². The largest absolute Gasteiger partial charge is 0.493 e. The molecule has 3 aromatic rings. The molecule has 3 heterocycles. The van der Waals surface area contributed by atoms with Gasteiger partial charge in [0.2, 0.25) is 0 Å². The van der Waals surface area contributed by atoms with Crippen LogP contribution in [0, 0.1) is 5.92 Å². The lowest BCUT2D eigenvalue weighted by atomic mass is 9.95. The number of esters is 1. The standard InChI is InChI=1S/C31H32N4O6S/c1-7-40-30(38)26-19(5)32-31-34(27(26)20-13-14-23(41-17(2)3)24(15-20)39-6)29(37)25(42-31)16-22-18(4)33-35(28(22)36)21-11-9-8-10-12-21/h8-17,22,27H,7H2,1-6H3/b25-16-/t22-,27-/m0/s1. The van der Waals surface area contributed by atoms with Gasteiger partial charge in [0.25, 0.3) is 11.5 Å². The van der Waals surface area contributed by atoms with Crippen LogP contribution < -0.4 is 29.4 Å². The second kappa shape index (κ2) is 11.8. The summed E-state index contributed by atoms with van der Waals surface area (Å²) in [5.41, 5.74) is 2.15. The van der Waals surface area contributed by atoms with Gasteiger partial charge in [-0.1, -0.05) is 35.6 Å². The molecule has 0 N–H and O–H groups in total. The molecule has 2 aliphatic heterocycles. The van der Waals surface area contributed by atoms with E-state index in [-0.39, 0.29) is 29.8 Å². The number of anilines is 1. The van der Waals surface area contributed by atoms with Crippen molar-refractivity contribution in [2.24, 2.45) is 16.0 Å². The van der Waals surface area contributed by atoms with Crippen molar-refractivity contribution in [3.63, 3.8) is 0 Å². The Labute approximate surface area is 246 Å². The van der Waals surface area contributed by atoms with E-state index in [2.05, 4.69) is 10.1 Å². The highest BCUT2D eigenvalue weighted by molar-refractivity contribution is 7.07. The Balaban J connectivity index is 1.64. The molecular weight excluding hydrogens is 556 g/mol. The summed E-state index contributed by atoms with van der Waals surface area (Å²) in [6, 6.07) is 13.6. The number of allylic oxidation sites excluding steroid dienone is 1. The van der Waals surface area contributed by atoms with Crippen molar-refractivity contribution in [3.05, 3.63) is 85.1 Å². The molecule has 42 heavy (non-hydrogen) atoms. The first-order chi connectivity index (χ1) is 20.1. The van der Waals surface area contributed by atoms with Gasteiger partial charge in [-0.05, 0) is 70.5 Å². The van der Waals surface area contributed by atoms with E-state index in [1.54, 1.807) is 57.2 Å². The first kappa shape index (κ1) is 29.0. The van der Waals surface area contributed by atoms with Crippen LogP contribution in [0.4, 0.5) is 5.69 Å². The number of rotatable bonds is 8. The number of methoxy groups -OCH3 is 1. The van der Waals surface area contributed by atoms with Gasteiger partial charge in [-0.2, -0.15) is 10.1 Å². The second-order valence-corrected chi connectivity index (χ2v) is 11.1. The number of thiazole rings is 1. The molecule has 11 heteroatoms. The van der Waals surface area contributed by atoms with Crippen LogP contribution in [0.2, 0.25) is 0 Å². The van der Waals surface area contributed by atoms with E-state index in [9.17, 15) is 14.4 Å². The Morgan fingerprint density at radius 2 is 1.83 bits per heavy atom. The van der Waals surface area contributed by atoms with Crippen LogP contribution in [0.3, 0.4) is 0 Å². The highest BCUT2D eigenvalue weighted by atomic mass is 32.1. The molecule has 0 saturated carbocycles. The van der Waals surface area contributed by atoms with E-state index < -0.39 is 17.9 Å². The van der Waals surface area contributed by atoms with Crippen LogP contribution in [0.1, 0.15) is 46.2 Å². The van der Waals surface area contributed by atoms with Crippen LogP contribution in [0.25, 0.3) is 6.08 Å². The molecule has 0 unspecified atom stereocenters. The number of hydrazone groups is 1. The molecule has 0 fully saturated rings. The van der Waals surface area contributed by atoms with Crippen LogP contribution in [0.5, 0.6) is 11.5 Å². The van der Waals surface area contributed by atoms with Crippen LogP contribution in [-0.2, 0) is 14.3 Å². The van der Waals surface area contributed by atoms with Gasteiger partial charge in [0.05, 0.1) is 53.1 Å². The first-order valence-electron chi connectivity index (χ1n) is 13.6. The summed E-state index contributed by atoms with van der Waals surface area (Å²) in [5.74, 6) is -0.532. The van der Waals surface area contributed by atoms with Crippen LogP contribution >= 0.6 is 11.3 Å². The molecule has 1 amide bonds. The topological polar surface area (TPSA) is 112 Å². The lowest BCUT2D eigenvalue weighted by Crippen LogP contribution is -2.40. The number of hydrogen-bond acceptors (Lipinski definition) is 9. The van der Waals surface area contributed by atoms with Crippen molar-refractivity contribution >= 4 is 40.7 Å². The fourth-order valence-electron chi connectivity index (χ4n) is 5.00. The van der Waals surface area contributed by atoms with Crippen molar-refractivity contribution in [1.82, 2.24) is 4.57 Å². The number of aromatic nitrogens is 1. The molecule has 0 saturated heterocycles. The predicted octanol–water partition coefficient (Wildman–Crippen LogP) is 3.58. The second-order valence-electron chi connectivity index (χ2n) is 10.1. The predicted molar refractivity (Wildman–Crippen MR) is 161 cm³/mol. The third-order valence-corrected chi connectivity index (χ3v) is 7.89. The Morgan fingerprint density at radius 1 is 1.10 bits per heavy atom. The van der Waals surface area contributed by atoms with Crippen molar-refractivity contribution in [2.75, 3.05) is 18.7 Å². The lowest BCUT2D eigenvalue weighted by molar-refractivity contribution is -0.139. The van der Waals surface area contributed by atoms with E-state index in [1.165, 1.54) is 16.7 Å². The van der Waals surface area contributed by atoms with Crippen LogP contribution in [0.15, 0.2) is 74.7 Å². The summed E-state index contributed by atoms with van der Waals surface area (Å²) in [6.45, 7) is 9.20. The highest BCUT2D eigenvalue weighted by Gasteiger charge is 2.36. The molecule has 2 aliphatic rings. The minimum atomic E-state index is -0.834. The minimum Gasteiger partial charge on any atom is -0.493 e. The van der Waals surface area contributed by atoms with Crippen LogP contribution in [-0.4, -0.2) is 42.0 Å². The molecule has 1 aromatic heterocycles. The Bertz CT molecular complexity index is 1790. The fraction of sp³-hybridized carbons (Fsp3) is 0.323. The summed E-state index contributed by atoms with van der Waals surface area (Å²) in [4.78, 5) is 45.7. The molecule has 2 atom stereocenters. The molecule has 10 nitrogen and oxygen atoms in total. The van der Waals surface area contributed by atoms with Crippen molar-refractivity contribution < 1.29 is 23.8 Å². The number of benzene rings is 2. The van der Waals surface area contributed by atoms with Crippen molar-refractivity contribution in [1.29, 1.82) is 0 Å². The quantitative estimate of drug-likeness (QED) is 0.372. The molecule has 0 aliphatic carbocycles. The number of amides is 1. The zero-order valence-corrected chi connectivity index (χ0v) is 25.1. The van der Waals surface area contributed by atoms with Gasteiger partial charge >= 0.3 is 5.97 Å². The maximum Gasteiger partial charge on any atom is 0.338 e. The molecule has 2 aromatic carbocycles. The van der Waals surface area contributed by atoms with E-state index >= 15 is 0 Å². The van der Waals surface area contributed by atoms with Gasteiger partial charge < -0.3 is 14.2 Å². The molecule has 0 spiro atoms. The monoisotopic (exact) mass is 588 g/mol. The Kier molecular flexibility index (Phi) is 8.13. The maximum atomic E-state index is 14.0. The average Bonchev–Trinajstić information content (AvgIpc) is 3.42. The van der Waals surface area contributed by atoms with E-state index in [1.807, 2.05) is 32.0 Å². The third kappa shape index (κ3) is 5.27. The van der Waals surface area contributed by atoms with Crippen molar-refractivity contribution in [3.8, 4) is 11.5 Å². The summed E-state index contributed by atoms with van der Waals surface area (Å²) < 4.78 is 18.7. The molecule has 218 valence electrons. The molecular formula is C31H32N4O6S. The summed E-state index contributed by atoms with van der Waals surface area (Å²) in [5, 5.41) is 5.81. The number of carbonyl (C=O) groups excluding carboxylic acids is 2. The zero-order chi connectivity index (χ0) is 30.1. The molecule has 0 radical (unpaired) electrons. The maximum absolute atomic E-state index is 14.0. The van der Waals surface area contributed by atoms with Gasteiger partial charge in [0, 0.05) is 0 Å². The average molecular weight is 589 g/mol. The Hall–Kier alpha value is -4.51. The molecule has 5 rings (SSSR count). The normalized spacial score (nSPS) is 18.6. The number of nitrogens with zero attached hydrogens (tertiary/aromatic N) is 4. The Morgan fingerprint density at radius 3 is 2.50 bits per heavy atom. The number of fused-ring (bicyclic) bond motifs is 1. The van der Waals surface area contributed by atoms with E-state index in [0.717, 1.165) is 11.3 Å². The summed E-state index contributed by atoms with van der Waals surface area (Å²) in [7, 11) is 1.53. The van der Waals surface area contributed by atoms with Crippen molar-refractivity contribution in [2.45, 2.75) is 46.8 Å². The highest BCUT2D eigenvalue weighted by Crippen LogP contribution is 2.36.